The molecule has 0 radical (unpaired) electrons. The molecule has 0 aromatic heterocycles. The van der Waals surface area contributed by atoms with Crippen LogP contribution in [0.1, 0.15) is 10.4 Å². The number of carbonyl (C=O) groups excluding carboxylic acids is 1. The summed E-state index contributed by atoms with van der Waals surface area (Å²) in [6, 6.07) is 17.3. The smallest absolute Gasteiger partial charge is 0.262 e. The second kappa shape index (κ2) is 5.27. The van der Waals surface area contributed by atoms with Crippen molar-refractivity contribution in [1.29, 1.82) is 0 Å². The fourth-order valence-electron chi connectivity index (χ4n) is 1.43. The minimum Gasteiger partial charge on any atom is -0.457 e. The summed E-state index contributed by atoms with van der Waals surface area (Å²) in [7, 11) is 0. The van der Waals surface area contributed by atoms with E-state index in [1.54, 1.807) is 54.6 Å². The first kappa shape index (κ1) is 11.4. The lowest BCUT2D eigenvalue weighted by Crippen LogP contribution is -2.26. The molecule has 0 saturated heterocycles. The van der Waals surface area contributed by atoms with Crippen LogP contribution in [0.2, 0.25) is 0 Å². The molecule has 2 rings (SSSR count). The quantitative estimate of drug-likeness (QED) is 0.645. The molecule has 0 amide bonds. The van der Waals surface area contributed by atoms with Crippen LogP contribution in [0.3, 0.4) is 0 Å². The van der Waals surface area contributed by atoms with Gasteiger partial charge in [0, 0.05) is 5.56 Å². The lowest BCUT2D eigenvalue weighted by molar-refractivity contribution is -0.00293. The number of hydrogen-bond donors (Lipinski definition) is 1. The van der Waals surface area contributed by atoms with Crippen molar-refractivity contribution in [3.63, 3.8) is 0 Å². The minimum atomic E-state index is -1.47. The molecule has 17 heavy (non-hydrogen) atoms. The summed E-state index contributed by atoms with van der Waals surface area (Å²) in [5.41, 5.74) is 0.427. The SMILES string of the molecule is O=C(c1ccccc1)[C@@H](O)Oc1ccccc1. The molecule has 0 bridgehead atoms. The molecule has 2 aromatic rings. The van der Waals surface area contributed by atoms with Gasteiger partial charge in [-0.05, 0) is 12.1 Å². The Hall–Kier alpha value is -2.13. The van der Waals surface area contributed by atoms with Gasteiger partial charge in [-0.2, -0.15) is 0 Å². The van der Waals surface area contributed by atoms with Crippen LogP contribution in [0.4, 0.5) is 0 Å². The van der Waals surface area contributed by atoms with Gasteiger partial charge < -0.3 is 9.84 Å². The van der Waals surface area contributed by atoms with Crippen molar-refractivity contribution in [2.24, 2.45) is 0 Å². The van der Waals surface area contributed by atoms with Crippen molar-refractivity contribution in [3.05, 3.63) is 66.2 Å². The normalized spacial score (nSPS) is 11.8. The van der Waals surface area contributed by atoms with Crippen molar-refractivity contribution < 1.29 is 14.6 Å². The highest BCUT2D eigenvalue weighted by Crippen LogP contribution is 2.12. The zero-order valence-electron chi connectivity index (χ0n) is 9.11. The van der Waals surface area contributed by atoms with E-state index in [9.17, 15) is 9.90 Å². The Morgan fingerprint density at radius 2 is 1.47 bits per heavy atom. The number of ketones is 1. The van der Waals surface area contributed by atoms with Crippen molar-refractivity contribution in [2.75, 3.05) is 0 Å². The molecule has 0 aliphatic carbocycles. The second-order valence-corrected chi connectivity index (χ2v) is 3.51. The van der Waals surface area contributed by atoms with Crippen LogP contribution in [0.25, 0.3) is 0 Å². The highest BCUT2D eigenvalue weighted by Gasteiger charge is 2.18. The molecule has 86 valence electrons. The highest BCUT2D eigenvalue weighted by atomic mass is 16.6. The number of ether oxygens (including phenoxy) is 1. The molecule has 0 aliphatic rings. The molecule has 1 atom stereocenters. The summed E-state index contributed by atoms with van der Waals surface area (Å²) in [6.45, 7) is 0. The fraction of sp³-hybridized carbons (Fsp3) is 0.0714. The molecular formula is C14H12O3. The zero-order chi connectivity index (χ0) is 12.1. The Morgan fingerprint density at radius 3 is 2.06 bits per heavy atom. The van der Waals surface area contributed by atoms with E-state index >= 15 is 0 Å². The van der Waals surface area contributed by atoms with Gasteiger partial charge in [0.15, 0.2) is 0 Å². The Bertz CT molecular complexity index is 479. The van der Waals surface area contributed by atoms with E-state index < -0.39 is 12.1 Å². The number of para-hydroxylation sites is 1. The molecular weight excluding hydrogens is 216 g/mol. The minimum absolute atomic E-state index is 0.427. The fourth-order valence-corrected chi connectivity index (χ4v) is 1.43. The molecule has 0 unspecified atom stereocenters. The maximum atomic E-state index is 11.8. The molecule has 1 N–H and O–H groups in total. The average Bonchev–Trinajstić information content (AvgIpc) is 2.40. The van der Waals surface area contributed by atoms with Crippen LogP contribution in [0, 0.1) is 0 Å². The Kier molecular flexibility index (Phi) is 3.52. The second-order valence-electron chi connectivity index (χ2n) is 3.51. The number of Topliss-reactive ketones (excluding diaryl/α,β-unsaturated/α-hetero) is 1. The molecule has 3 nitrogen and oxygen atoms in total. The van der Waals surface area contributed by atoms with Crippen molar-refractivity contribution in [2.45, 2.75) is 6.29 Å². The number of hydrogen-bond acceptors (Lipinski definition) is 3. The third kappa shape index (κ3) is 2.92. The van der Waals surface area contributed by atoms with Gasteiger partial charge in [-0.1, -0.05) is 48.5 Å². The van der Waals surface area contributed by atoms with Gasteiger partial charge in [0.1, 0.15) is 5.75 Å². The van der Waals surface area contributed by atoms with E-state index in [2.05, 4.69) is 0 Å². The first-order valence-electron chi connectivity index (χ1n) is 5.26. The lowest BCUT2D eigenvalue weighted by atomic mass is 10.1. The van der Waals surface area contributed by atoms with E-state index in [0.717, 1.165) is 0 Å². The van der Waals surface area contributed by atoms with E-state index in [1.807, 2.05) is 6.07 Å². The topological polar surface area (TPSA) is 46.5 Å². The number of benzene rings is 2. The van der Waals surface area contributed by atoms with Crippen LogP contribution in [-0.4, -0.2) is 17.2 Å². The van der Waals surface area contributed by atoms with Crippen LogP contribution in [-0.2, 0) is 0 Å². The Morgan fingerprint density at radius 1 is 0.941 bits per heavy atom. The predicted molar refractivity (Wildman–Crippen MR) is 63.8 cm³/mol. The average molecular weight is 228 g/mol. The van der Waals surface area contributed by atoms with Crippen molar-refractivity contribution >= 4 is 5.78 Å². The molecule has 0 saturated carbocycles. The maximum Gasteiger partial charge on any atom is 0.262 e. The van der Waals surface area contributed by atoms with Crippen LogP contribution < -0.4 is 4.74 Å². The first-order valence-corrected chi connectivity index (χ1v) is 5.26. The van der Waals surface area contributed by atoms with Crippen LogP contribution in [0.15, 0.2) is 60.7 Å². The lowest BCUT2D eigenvalue weighted by Gasteiger charge is -2.12. The van der Waals surface area contributed by atoms with Crippen molar-refractivity contribution in [1.82, 2.24) is 0 Å². The van der Waals surface area contributed by atoms with Gasteiger partial charge in [0.2, 0.25) is 5.78 Å². The number of rotatable bonds is 4. The molecule has 0 heterocycles. The summed E-state index contributed by atoms with van der Waals surface area (Å²) in [5, 5.41) is 9.65. The monoisotopic (exact) mass is 228 g/mol. The van der Waals surface area contributed by atoms with Crippen LogP contribution in [0.5, 0.6) is 5.75 Å². The molecule has 0 fully saturated rings. The van der Waals surface area contributed by atoms with Gasteiger partial charge in [-0.15, -0.1) is 0 Å². The third-order valence-electron chi connectivity index (χ3n) is 2.27. The molecule has 0 spiro atoms. The maximum absolute atomic E-state index is 11.8. The van der Waals surface area contributed by atoms with Gasteiger partial charge in [-0.25, -0.2) is 0 Å². The van der Waals surface area contributed by atoms with Crippen LogP contribution >= 0.6 is 0 Å². The highest BCUT2D eigenvalue weighted by molar-refractivity contribution is 5.98. The third-order valence-corrected chi connectivity index (χ3v) is 2.27. The number of carbonyl (C=O) groups is 1. The molecule has 3 heteroatoms. The summed E-state index contributed by atoms with van der Waals surface area (Å²) in [4.78, 5) is 11.8. The summed E-state index contributed by atoms with van der Waals surface area (Å²) in [5.74, 6) is 0.0127. The number of aliphatic hydroxyl groups excluding tert-OH is 1. The molecule has 2 aromatic carbocycles. The van der Waals surface area contributed by atoms with Gasteiger partial charge >= 0.3 is 0 Å². The van der Waals surface area contributed by atoms with E-state index in [0.29, 0.717) is 11.3 Å². The van der Waals surface area contributed by atoms with Gasteiger partial charge in [0.05, 0.1) is 0 Å². The zero-order valence-corrected chi connectivity index (χ0v) is 9.11. The summed E-state index contributed by atoms with van der Waals surface area (Å²) in [6.07, 6.45) is -1.47. The Balaban J connectivity index is 2.06. The predicted octanol–water partition coefficient (Wildman–Crippen LogP) is 2.27. The molecule has 0 aliphatic heterocycles. The van der Waals surface area contributed by atoms with Gasteiger partial charge in [0.25, 0.3) is 6.29 Å². The summed E-state index contributed by atoms with van der Waals surface area (Å²) >= 11 is 0. The Labute approximate surface area is 99.3 Å². The van der Waals surface area contributed by atoms with Gasteiger partial charge in [-0.3, -0.25) is 4.79 Å². The van der Waals surface area contributed by atoms with Crippen molar-refractivity contribution in [3.8, 4) is 5.75 Å². The summed E-state index contributed by atoms with van der Waals surface area (Å²) < 4.78 is 5.14. The van der Waals surface area contributed by atoms with E-state index in [4.69, 9.17) is 4.74 Å². The van der Waals surface area contributed by atoms with E-state index in [-0.39, 0.29) is 0 Å². The standard InChI is InChI=1S/C14H12O3/c15-13(11-7-3-1-4-8-11)14(16)17-12-9-5-2-6-10-12/h1-10,14,16H/t14-/m0/s1. The van der Waals surface area contributed by atoms with E-state index in [1.165, 1.54) is 0 Å². The first-order chi connectivity index (χ1) is 8.27. The number of aliphatic hydroxyl groups is 1. The largest absolute Gasteiger partial charge is 0.457 e.